The van der Waals surface area contributed by atoms with Gasteiger partial charge in [-0.15, -0.1) is 0 Å². The molecule has 1 amide bonds. The summed E-state index contributed by atoms with van der Waals surface area (Å²) in [6, 6.07) is 14.8. The number of carbonyl (C=O) groups is 1. The summed E-state index contributed by atoms with van der Waals surface area (Å²) < 4.78 is 0. The van der Waals surface area contributed by atoms with E-state index in [1.165, 1.54) is 0 Å². The van der Waals surface area contributed by atoms with Gasteiger partial charge in [0.15, 0.2) is 0 Å². The van der Waals surface area contributed by atoms with Crippen LogP contribution in [0.1, 0.15) is 15.9 Å². The highest BCUT2D eigenvalue weighted by Gasteiger charge is 2.11. The molecule has 0 radical (unpaired) electrons. The molecule has 3 N–H and O–H groups in total. The number of carbonyl (C=O) groups excluding carboxylic acids is 1. The van der Waals surface area contributed by atoms with Gasteiger partial charge in [-0.1, -0.05) is 24.3 Å². The lowest BCUT2D eigenvalue weighted by molar-refractivity contribution is 0.102. The van der Waals surface area contributed by atoms with Crippen molar-refractivity contribution >= 4 is 28.2 Å². The molecule has 1 heterocycles. The van der Waals surface area contributed by atoms with Gasteiger partial charge >= 0.3 is 0 Å². The normalized spacial score (nSPS) is 10.5. The highest BCUT2D eigenvalue weighted by molar-refractivity contribution is 6.09. The molecule has 0 spiro atoms. The molecule has 0 aliphatic rings. The van der Waals surface area contributed by atoms with Crippen molar-refractivity contribution in [1.29, 1.82) is 0 Å². The summed E-state index contributed by atoms with van der Waals surface area (Å²) in [6.07, 6.45) is 1.71. The minimum Gasteiger partial charge on any atom is -0.399 e. The molecule has 0 saturated heterocycles. The van der Waals surface area contributed by atoms with E-state index in [9.17, 15) is 4.79 Å². The number of aromatic nitrogens is 1. The molecule has 0 bridgehead atoms. The molecule has 1 aromatic heterocycles. The number of rotatable bonds is 2. The number of pyridine rings is 1. The predicted octanol–water partition coefficient (Wildman–Crippen LogP) is 3.38. The third-order valence-corrected chi connectivity index (χ3v) is 3.39. The third-order valence-electron chi connectivity index (χ3n) is 3.39. The lowest BCUT2D eigenvalue weighted by atomic mass is 10.1. The average Bonchev–Trinajstić information content (AvgIpc) is 2.50. The summed E-state index contributed by atoms with van der Waals surface area (Å²) in [4.78, 5) is 16.8. The van der Waals surface area contributed by atoms with Crippen LogP contribution in [0.3, 0.4) is 0 Å². The maximum atomic E-state index is 12.4. The van der Waals surface area contributed by atoms with E-state index in [2.05, 4.69) is 10.3 Å². The summed E-state index contributed by atoms with van der Waals surface area (Å²) >= 11 is 0. The van der Waals surface area contributed by atoms with Gasteiger partial charge in [0.1, 0.15) is 0 Å². The molecular weight excluding hydrogens is 262 g/mol. The molecule has 0 atom stereocenters. The van der Waals surface area contributed by atoms with Gasteiger partial charge in [0.05, 0.1) is 11.2 Å². The van der Waals surface area contributed by atoms with E-state index in [-0.39, 0.29) is 5.91 Å². The first-order valence-corrected chi connectivity index (χ1v) is 6.66. The summed E-state index contributed by atoms with van der Waals surface area (Å²) in [6.45, 7) is 1.88. The zero-order valence-corrected chi connectivity index (χ0v) is 11.6. The number of hydrogen-bond donors (Lipinski definition) is 2. The van der Waals surface area contributed by atoms with Crippen molar-refractivity contribution in [2.24, 2.45) is 0 Å². The Morgan fingerprint density at radius 3 is 2.81 bits per heavy atom. The molecule has 0 fully saturated rings. The van der Waals surface area contributed by atoms with E-state index >= 15 is 0 Å². The van der Waals surface area contributed by atoms with Crippen LogP contribution >= 0.6 is 0 Å². The van der Waals surface area contributed by atoms with Crippen LogP contribution in [0.2, 0.25) is 0 Å². The lowest BCUT2D eigenvalue weighted by Crippen LogP contribution is -2.14. The molecule has 21 heavy (non-hydrogen) atoms. The number of fused-ring (bicyclic) bond motifs is 1. The van der Waals surface area contributed by atoms with Crippen LogP contribution in [0.4, 0.5) is 11.4 Å². The topological polar surface area (TPSA) is 68.0 Å². The largest absolute Gasteiger partial charge is 0.399 e. The van der Waals surface area contributed by atoms with Crippen LogP contribution in [0, 0.1) is 6.92 Å². The van der Waals surface area contributed by atoms with Crippen molar-refractivity contribution in [3.05, 3.63) is 65.9 Å². The zero-order valence-electron chi connectivity index (χ0n) is 11.6. The van der Waals surface area contributed by atoms with Gasteiger partial charge in [0, 0.05) is 22.8 Å². The number of aryl methyl sites for hydroxylation is 1. The number of nitrogens with two attached hydrogens (primary N) is 1. The number of nitrogens with one attached hydrogen (secondary N) is 1. The Morgan fingerprint density at radius 1 is 1.14 bits per heavy atom. The second kappa shape index (κ2) is 5.25. The molecular formula is C17H15N3O. The zero-order chi connectivity index (χ0) is 14.8. The fourth-order valence-corrected chi connectivity index (χ4v) is 2.28. The molecule has 2 aromatic carbocycles. The second-order valence-electron chi connectivity index (χ2n) is 4.91. The van der Waals surface area contributed by atoms with Crippen molar-refractivity contribution in [2.75, 3.05) is 11.1 Å². The Kier molecular flexibility index (Phi) is 3.28. The maximum absolute atomic E-state index is 12.4. The average molecular weight is 277 g/mol. The lowest BCUT2D eigenvalue weighted by Gasteiger charge is -2.10. The first-order chi connectivity index (χ1) is 10.1. The Balaban J connectivity index is 1.99. The van der Waals surface area contributed by atoms with Gasteiger partial charge in [-0.3, -0.25) is 9.78 Å². The summed E-state index contributed by atoms with van der Waals surface area (Å²) in [7, 11) is 0. The summed E-state index contributed by atoms with van der Waals surface area (Å²) in [5.41, 5.74) is 9.25. The summed E-state index contributed by atoms with van der Waals surface area (Å²) in [5.74, 6) is -0.182. The fourth-order valence-electron chi connectivity index (χ4n) is 2.28. The van der Waals surface area contributed by atoms with Gasteiger partial charge in [0.25, 0.3) is 5.91 Å². The third kappa shape index (κ3) is 2.56. The number of hydrogen-bond acceptors (Lipinski definition) is 3. The van der Waals surface area contributed by atoms with E-state index in [1.807, 2.05) is 43.3 Å². The maximum Gasteiger partial charge on any atom is 0.256 e. The van der Waals surface area contributed by atoms with Crippen molar-refractivity contribution < 1.29 is 4.79 Å². The Hall–Kier alpha value is -2.88. The Morgan fingerprint density at radius 2 is 1.95 bits per heavy atom. The van der Waals surface area contributed by atoms with Crippen molar-refractivity contribution in [2.45, 2.75) is 6.92 Å². The molecule has 0 aliphatic carbocycles. The minimum absolute atomic E-state index is 0.182. The van der Waals surface area contributed by atoms with Crippen LogP contribution in [-0.4, -0.2) is 10.9 Å². The molecule has 4 nitrogen and oxygen atoms in total. The smallest absolute Gasteiger partial charge is 0.256 e. The van der Waals surface area contributed by atoms with Crippen molar-refractivity contribution in [3.63, 3.8) is 0 Å². The number of anilines is 2. The van der Waals surface area contributed by atoms with E-state index < -0.39 is 0 Å². The number of amides is 1. The SMILES string of the molecule is Cc1ccc(N)cc1C(=O)Nc1cccc2cccnc12. The van der Waals surface area contributed by atoms with Gasteiger partial charge in [-0.05, 0) is 36.8 Å². The first-order valence-electron chi connectivity index (χ1n) is 6.66. The standard InChI is InChI=1S/C17H15N3O/c1-11-7-8-13(18)10-14(11)17(21)20-15-6-2-4-12-5-3-9-19-16(12)15/h2-10H,18H2,1H3,(H,20,21). The van der Waals surface area contributed by atoms with Crippen LogP contribution in [0.15, 0.2) is 54.7 Å². The molecule has 3 rings (SSSR count). The van der Waals surface area contributed by atoms with Gasteiger partial charge in [0.2, 0.25) is 0 Å². The molecule has 0 saturated carbocycles. The van der Waals surface area contributed by atoms with E-state index in [0.29, 0.717) is 16.9 Å². The number of benzene rings is 2. The molecule has 4 heteroatoms. The Labute approximate surface area is 122 Å². The number of nitrogen functional groups attached to an aromatic ring is 1. The van der Waals surface area contributed by atoms with Gasteiger partial charge < -0.3 is 11.1 Å². The minimum atomic E-state index is -0.182. The highest BCUT2D eigenvalue weighted by Crippen LogP contribution is 2.22. The Bertz CT molecular complexity index is 822. The van der Waals surface area contributed by atoms with Crippen LogP contribution in [-0.2, 0) is 0 Å². The van der Waals surface area contributed by atoms with Crippen molar-refractivity contribution in [3.8, 4) is 0 Å². The van der Waals surface area contributed by atoms with Crippen LogP contribution in [0.5, 0.6) is 0 Å². The second-order valence-corrected chi connectivity index (χ2v) is 4.91. The monoisotopic (exact) mass is 277 g/mol. The van der Waals surface area contributed by atoms with Crippen LogP contribution in [0.25, 0.3) is 10.9 Å². The fraction of sp³-hybridized carbons (Fsp3) is 0.0588. The van der Waals surface area contributed by atoms with Gasteiger partial charge in [-0.25, -0.2) is 0 Å². The van der Waals surface area contributed by atoms with E-state index in [4.69, 9.17) is 5.73 Å². The molecule has 0 aliphatic heterocycles. The number of nitrogens with zero attached hydrogens (tertiary/aromatic N) is 1. The molecule has 3 aromatic rings. The summed E-state index contributed by atoms with van der Waals surface area (Å²) in [5, 5.41) is 3.90. The predicted molar refractivity (Wildman–Crippen MR) is 85.3 cm³/mol. The van der Waals surface area contributed by atoms with Crippen molar-refractivity contribution in [1.82, 2.24) is 4.98 Å². The quantitative estimate of drug-likeness (QED) is 0.706. The van der Waals surface area contributed by atoms with Gasteiger partial charge in [-0.2, -0.15) is 0 Å². The first kappa shape index (κ1) is 13.1. The van der Waals surface area contributed by atoms with E-state index in [0.717, 1.165) is 16.5 Å². The van der Waals surface area contributed by atoms with Crippen LogP contribution < -0.4 is 11.1 Å². The highest BCUT2D eigenvalue weighted by atomic mass is 16.1. The molecule has 104 valence electrons. The molecule has 0 unspecified atom stereocenters. The van der Waals surface area contributed by atoms with E-state index in [1.54, 1.807) is 18.3 Å². The number of para-hydroxylation sites is 1.